The summed E-state index contributed by atoms with van der Waals surface area (Å²) in [4.78, 5) is 10.6. The molecule has 0 saturated carbocycles. The van der Waals surface area contributed by atoms with Crippen molar-refractivity contribution in [3.63, 3.8) is 0 Å². The molecule has 2 aromatic rings. The molecule has 1 aromatic carbocycles. The van der Waals surface area contributed by atoms with Gasteiger partial charge in [-0.25, -0.2) is 0 Å². The minimum Gasteiger partial charge on any atom is -0.481 e. The van der Waals surface area contributed by atoms with Gasteiger partial charge in [0.2, 0.25) is 11.8 Å². The average molecular weight is 281 g/mol. The Kier molecular flexibility index (Phi) is 4.16. The van der Waals surface area contributed by atoms with Crippen LogP contribution in [0.4, 0.5) is 0 Å². The van der Waals surface area contributed by atoms with Gasteiger partial charge in [-0.05, 0) is 30.2 Å². The van der Waals surface area contributed by atoms with Gasteiger partial charge in [0.05, 0.1) is 0 Å². The lowest BCUT2D eigenvalue weighted by Gasteiger charge is -2.03. The summed E-state index contributed by atoms with van der Waals surface area (Å²) in [5.41, 5.74) is 0.786. The quantitative estimate of drug-likeness (QED) is 0.911. The van der Waals surface area contributed by atoms with Crippen LogP contribution in [0.5, 0.6) is 0 Å². The third-order valence-corrected chi connectivity index (χ3v) is 2.86. The predicted octanol–water partition coefficient (Wildman–Crippen LogP) is 3.04. The van der Waals surface area contributed by atoms with Gasteiger partial charge in [0, 0.05) is 23.4 Å². The molecule has 0 amide bonds. The predicted molar refractivity (Wildman–Crippen MR) is 69.9 cm³/mol. The van der Waals surface area contributed by atoms with Crippen LogP contribution in [0.25, 0.3) is 11.5 Å². The minimum atomic E-state index is -0.829. The lowest BCUT2D eigenvalue weighted by Crippen LogP contribution is -2.07. The van der Waals surface area contributed by atoms with Crippen LogP contribution in [0.3, 0.4) is 0 Å². The van der Waals surface area contributed by atoms with Gasteiger partial charge < -0.3 is 9.52 Å². The lowest BCUT2D eigenvalue weighted by molar-refractivity contribution is -0.137. The number of hydrogen-bond donors (Lipinski definition) is 1. The van der Waals surface area contributed by atoms with Gasteiger partial charge in [0.25, 0.3) is 0 Å². The monoisotopic (exact) mass is 280 g/mol. The van der Waals surface area contributed by atoms with Gasteiger partial charge >= 0.3 is 5.97 Å². The Morgan fingerprint density at radius 3 is 2.68 bits per heavy atom. The molecule has 1 unspecified atom stereocenters. The number of rotatable bonds is 5. The molecule has 0 fully saturated rings. The molecule has 0 bridgehead atoms. The third-order valence-electron chi connectivity index (χ3n) is 2.60. The number of carboxylic acids is 1. The molecule has 1 aromatic heterocycles. The summed E-state index contributed by atoms with van der Waals surface area (Å²) in [5, 5.41) is 17.2. The summed E-state index contributed by atoms with van der Waals surface area (Å²) < 4.78 is 5.50. The highest BCUT2D eigenvalue weighted by Crippen LogP contribution is 2.21. The number of carboxylic acid groups (broad SMARTS) is 1. The SMILES string of the molecule is CC(CC(=O)O)Cc1nnc(-c2ccc(Cl)cc2)o1. The first-order valence-corrected chi connectivity index (χ1v) is 6.22. The van der Waals surface area contributed by atoms with E-state index in [1.54, 1.807) is 24.3 Å². The largest absolute Gasteiger partial charge is 0.481 e. The third kappa shape index (κ3) is 3.79. The molecule has 0 radical (unpaired) electrons. The van der Waals surface area contributed by atoms with Crippen molar-refractivity contribution in [1.29, 1.82) is 0 Å². The van der Waals surface area contributed by atoms with E-state index in [-0.39, 0.29) is 12.3 Å². The van der Waals surface area contributed by atoms with Crippen molar-refractivity contribution in [2.24, 2.45) is 5.92 Å². The number of nitrogens with zero attached hydrogens (tertiary/aromatic N) is 2. The van der Waals surface area contributed by atoms with Crippen LogP contribution in [0.1, 0.15) is 19.2 Å². The standard InChI is InChI=1S/C13H13ClN2O3/c1-8(7-12(17)18)6-11-15-16-13(19-11)9-2-4-10(14)5-3-9/h2-5,8H,6-7H2,1H3,(H,17,18). The Labute approximate surface area is 115 Å². The normalized spacial score (nSPS) is 12.3. The number of aliphatic carboxylic acids is 1. The van der Waals surface area contributed by atoms with Gasteiger partial charge in [-0.15, -0.1) is 10.2 Å². The van der Waals surface area contributed by atoms with Gasteiger partial charge in [0.15, 0.2) is 0 Å². The molecular weight excluding hydrogens is 268 g/mol. The van der Waals surface area contributed by atoms with E-state index in [9.17, 15) is 4.79 Å². The highest BCUT2D eigenvalue weighted by molar-refractivity contribution is 6.30. The van der Waals surface area contributed by atoms with Crippen molar-refractivity contribution in [1.82, 2.24) is 10.2 Å². The smallest absolute Gasteiger partial charge is 0.303 e. The molecule has 1 heterocycles. The van der Waals surface area contributed by atoms with E-state index in [4.69, 9.17) is 21.1 Å². The van der Waals surface area contributed by atoms with Crippen LogP contribution < -0.4 is 0 Å². The Hall–Kier alpha value is -1.88. The maximum atomic E-state index is 10.6. The topological polar surface area (TPSA) is 76.2 Å². The first-order chi connectivity index (χ1) is 9.04. The fourth-order valence-corrected chi connectivity index (χ4v) is 1.84. The molecule has 6 heteroatoms. The van der Waals surface area contributed by atoms with Crippen molar-refractivity contribution >= 4 is 17.6 Å². The maximum absolute atomic E-state index is 10.6. The number of halogens is 1. The summed E-state index contributed by atoms with van der Waals surface area (Å²) in [5.74, 6) is -0.0196. The van der Waals surface area contributed by atoms with Crippen LogP contribution >= 0.6 is 11.6 Å². The molecule has 1 N–H and O–H groups in total. The van der Waals surface area contributed by atoms with Gasteiger partial charge in [-0.3, -0.25) is 4.79 Å². The molecule has 0 aliphatic carbocycles. The van der Waals surface area contributed by atoms with Gasteiger partial charge in [0.1, 0.15) is 0 Å². The lowest BCUT2D eigenvalue weighted by atomic mass is 10.0. The van der Waals surface area contributed by atoms with Crippen LogP contribution in [-0.2, 0) is 11.2 Å². The van der Waals surface area contributed by atoms with Gasteiger partial charge in [-0.2, -0.15) is 0 Å². The van der Waals surface area contributed by atoms with E-state index in [0.29, 0.717) is 23.2 Å². The molecule has 0 spiro atoms. The molecular formula is C13H13ClN2O3. The van der Waals surface area contributed by atoms with Crippen LogP contribution in [0.2, 0.25) is 5.02 Å². The molecule has 100 valence electrons. The fourth-order valence-electron chi connectivity index (χ4n) is 1.71. The first-order valence-electron chi connectivity index (χ1n) is 5.84. The van der Waals surface area contributed by atoms with E-state index in [2.05, 4.69) is 10.2 Å². The zero-order valence-electron chi connectivity index (χ0n) is 10.3. The summed E-state index contributed by atoms with van der Waals surface area (Å²) in [6.07, 6.45) is 0.533. The van der Waals surface area contributed by atoms with Crippen molar-refractivity contribution in [3.8, 4) is 11.5 Å². The van der Waals surface area contributed by atoms with Crippen molar-refractivity contribution in [3.05, 3.63) is 35.2 Å². The van der Waals surface area contributed by atoms with E-state index in [0.717, 1.165) is 5.56 Å². The molecule has 19 heavy (non-hydrogen) atoms. The Balaban J connectivity index is 2.06. The summed E-state index contributed by atoms with van der Waals surface area (Å²) >= 11 is 5.80. The van der Waals surface area contributed by atoms with E-state index in [1.807, 2.05) is 6.92 Å². The Bertz CT molecular complexity index is 566. The zero-order valence-corrected chi connectivity index (χ0v) is 11.1. The van der Waals surface area contributed by atoms with Crippen LogP contribution in [0, 0.1) is 5.92 Å². The number of hydrogen-bond acceptors (Lipinski definition) is 4. The Morgan fingerprint density at radius 1 is 1.37 bits per heavy atom. The maximum Gasteiger partial charge on any atom is 0.303 e. The molecule has 1 atom stereocenters. The van der Waals surface area contributed by atoms with Crippen LogP contribution in [0.15, 0.2) is 28.7 Å². The summed E-state index contributed by atoms with van der Waals surface area (Å²) in [6, 6.07) is 7.07. The zero-order chi connectivity index (χ0) is 13.8. The molecule has 0 aliphatic heterocycles. The van der Waals surface area contributed by atoms with E-state index < -0.39 is 5.97 Å². The second kappa shape index (κ2) is 5.84. The minimum absolute atomic E-state index is 0.0454. The highest BCUT2D eigenvalue weighted by atomic mass is 35.5. The molecule has 0 aliphatic rings. The fraction of sp³-hybridized carbons (Fsp3) is 0.308. The van der Waals surface area contributed by atoms with E-state index in [1.165, 1.54) is 0 Å². The van der Waals surface area contributed by atoms with Crippen molar-refractivity contribution in [2.75, 3.05) is 0 Å². The molecule has 5 nitrogen and oxygen atoms in total. The number of benzene rings is 1. The second-order valence-electron chi connectivity index (χ2n) is 4.42. The molecule has 2 rings (SSSR count). The van der Waals surface area contributed by atoms with Crippen molar-refractivity contribution < 1.29 is 14.3 Å². The Morgan fingerprint density at radius 2 is 2.05 bits per heavy atom. The summed E-state index contributed by atoms with van der Waals surface area (Å²) in [6.45, 7) is 1.83. The molecule has 0 saturated heterocycles. The van der Waals surface area contributed by atoms with Crippen molar-refractivity contribution in [2.45, 2.75) is 19.8 Å². The van der Waals surface area contributed by atoms with Gasteiger partial charge in [-0.1, -0.05) is 18.5 Å². The number of aromatic nitrogens is 2. The highest BCUT2D eigenvalue weighted by Gasteiger charge is 2.14. The number of carbonyl (C=O) groups is 1. The summed E-state index contributed by atoms with van der Waals surface area (Å²) in [7, 11) is 0. The average Bonchev–Trinajstić information content (AvgIpc) is 2.77. The first kappa shape index (κ1) is 13.5. The van der Waals surface area contributed by atoms with Crippen LogP contribution in [-0.4, -0.2) is 21.3 Å². The van der Waals surface area contributed by atoms with E-state index >= 15 is 0 Å². The second-order valence-corrected chi connectivity index (χ2v) is 4.85.